The van der Waals surface area contributed by atoms with Gasteiger partial charge in [-0.3, -0.25) is 14.4 Å². The lowest BCUT2D eigenvalue weighted by Crippen LogP contribution is -2.59. The highest BCUT2D eigenvalue weighted by atomic mass is 16.2. The van der Waals surface area contributed by atoms with Gasteiger partial charge in [0.1, 0.15) is 6.04 Å². The lowest BCUT2D eigenvalue weighted by Gasteiger charge is -2.37. The minimum absolute atomic E-state index is 0.0161. The van der Waals surface area contributed by atoms with Crippen LogP contribution in [0.2, 0.25) is 0 Å². The number of likely N-dealkylation sites (N-methyl/N-ethyl adjacent to an activating group) is 1. The third kappa shape index (κ3) is 8.93. The normalized spacial score (nSPS) is 17.7. The minimum atomic E-state index is -0.640. The zero-order valence-corrected chi connectivity index (χ0v) is 22.4. The maximum atomic E-state index is 13.7. The summed E-state index contributed by atoms with van der Waals surface area (Å²) in [6.07, 6.45) is 2.53. The standard InChI is InChI=1S/C27H45N5O3/c1-20(29-16-15-28-6)25(34)30-24(27(3,4)5)26(35)32-17-10-13-23(32)19-31(21(2)33)18-14-22-11-8-7-9-12-22/h7-9,11-12,20,23-24,28-29H,10,13-19H2,1-6H3,(H,30,34)/t20-,23-,24+/m0/s1. The molecular formula is C27H45N5O3. The van der Waals surface area contributed by atoms with Crippen LogP contribution in [0.25, 0.3) is 0 Å². The highest BCUT2D eigenvalue weighted by molar-refractivity contribution is 5.90. The summed E-state index contributed by atoms with van der Waals surface area (Å²) < 4.78 is 0. The van der Waals surface area contributed by atoms with Crippen LogP contribution in [0.1, 0.15) is 53.0 Å². The number of hydrogen-bond donors (Lipinski definition) is 3. The molecule has 0 unspecified atom stereocenters. The summed E-state index contributed by atoms with van der Waals surface area (Å²) >= 11 is 0. The lowest BCUT2D eigenvalue weighted by molar-refractivity contribution is -0.141. The van der Waals surface area contributed by atoms with Crippen LogP contribution < -0.4 is 16.0 Å². The van der Waals surface area contributed by atoms with E-state index in [1.54, 1.807) is 6.92 Å². The zero-order valence-electron chi connectivity index (χ0n) is 22.4. The van der Waals surface area contributed by atoms with E-state index in [0.29, 0.717) is 26.2 Å². The fraction of sp³-hybridized carbons (Fsp3) is 0.667. The van der Waals surface area contributed by atoms with Crippen molar-refractivity contribution in [3.8, 4) is 0 Å². The number of nitrogens with one attached hydrogen (secondary N) is 3. The summed E-state index contributed by atoms with van der Waals surface area (Å²) in [7, 11) is 1.86. The van der Waals surface area contributed by atoms with Crippen molar-refractivity contribution in [1.82, 2.24) is 25.8 Å². The molecule has 1 fully saturated rings. The van der Waals surface area contributed by atoms with Crippen molar-refractivity contribution in [1.29, 1.82) is 0 Å². The molecule has 1 aliphatic rings. The smallest absolute Gasteiger partial charge is 0.246 e. The number of hydrogen-bond acceptors (Lipinski definition) is 5. The predicted molar refractivity (Wildman–Crippen MR) is 140 cm³/mol. The molecule has 0 radical (unpaired) electrons. The van der Waals surface area contributed by atoms with Crippen LogP contribution in [-0.2, 0) is 20.8 Å². The molecule has 3 N–H and O–H groups in total. The third-order valence-electron chi connectivity index (χ3n) is 6.67. The Morgan fingerprint density at radius 2 is 1.83 bits per heavy atom. The van der Waals surface area contributed by atoms with Crippen molar-refractivity contribution in [3.63, 3.8) is 0 Å². The van der Waals surface area contributed by atoms with Crippen LogP contribution in [0.4, 0.5) is 0 Å². The molecule has 8 heteroatoms. The molecule has 8 nitrogen and oxygen atoms in total. The second kappa shape index (κ2) is 13.6. The fourth-order valence-electron chi connectivity index (χ4n) is 4.44. The molecule has 3 amide bonds. The summed E-state index contributed by atoms with van der Waals surface area (Å²) in [5.74, 6) is -0.233. The SMILES string of the molecule is CNCCN[C@@H](C)C(=O)N[C@H](C(=O)N1CCC[C@H]1CN(CCc1ccccc1)C(C)=O)C(C)(C)C. The Labute approximate surface area is 211 Å². The Kier molecular flexibility index (Phi) is 11.2. The number of nitrogens with zero attached hydrogens (tertiary/aromatic N) is 2. The van der Waals surface area contributed by atoms with Gasteiger partial charge in [0.2, 0.25) is 17.7 Å². The summed E-state index contributed by atoms with van der Waals surface area (Å²) in [4.78, 5) is 42.7. The highest BCUT2D eigenvalue weighted by Gasteiger charge is 2.40. The van der Waals surface area contributed by atoms with Crippen LogP contribution in [0.3, 0.4) is 0 Å². The van der Waals surface area contributed by atoms with E-state index in [1.807, 2.05) is 62.7 Å². The van der Waals surface area contributed by atoms with Crippen LogP contribution in [0.5, 0.6) is 0 Å². The Morgan fingerprint density at radius 3 is 2.43 bits per heavy atom. The molecule has 1 aromatic carbocycles. The van der Waals surface area contributed by atoms with Crippen LogP contribution in [0.15, 0.2) is 30.3 Å². The quantitative estimate of drug-likeness (QED) is 0.391. The van der Waals surface area contributed by atoms with E-state index in [0.717, 1.165) is 25.8 Å². The number of carbonyl (C=O) groups is 3. The molecule has 196 valence electrons. The fourth-order valence-corrected chi connectivity index (χ4v) is 4.44. The van der Waals surface area contributed by atoms with Gasteiger partial charge < -0.3 is 25.8 Å². The van der Waals surface area contributed by atoms with Gasteiger partial charge in [0.05, 0.1) is 6.04 Å². The van der Waals surface area contributed by atoms with E-state index in [2.05, 4.69) is 28.1 Å². The Hall–Kier alpha value is -2.45. The van der Waals surface area contributed by atoms with E-state index in [4.69, 9.17) is 0 Å². The van der Waals surface area contributed by atoms with Crippen molar-refractivity contribution < 1.29 is 14.4 Å². The monoisotopic (exact) mass is 487 g/mol. The predicted octanol–water partition coefficient (Wildman–Crippen LogP) is 1.80. The molecule has 1 aliphatic heterocycles. The van der Waals surface area contributed by atoms with Crippen molar-refractivity contribution in [2.75, 3.05) is 39.8 Å². The number of benzene rings is 1. The first kappa shape index (κ1) is 28.8. The van der Waals surface area contributed by atoms with Gasteiger partial charge in [-0.2, -0.15) is 0 Å². The molecule has 35 heavy (non-hydrogen) atoms. The number of carbonyl (C=O) groups excluding carboxylic acids is 3. The maximum Gasteiger partial charge on any atom is 0.246 e. The van der Waals surface area contributed by atoms with Crippen LogP contribution in [-0.4, -0.2) is 85.4 Å². The van der Waals surface area contributed by atoms with Crippen molar-refractivity contribution in [2.24, 2.45) is 5.41 Å². The molecule has 3 atom stereocenters. The number of amides is 3. The summed E-state index contributed by atoms with van der Waals surface area (Å²) in [6, 6.07) is 9.03. The number of rotatable bonds is 12. The van der Waals surface area contributed by atoms with Crippen molar-refractivity contribution in [3.05, 3.63) is 35.9 Å². The van der Waals surface area contributed by atoms with Crippen LogP contribution >= 0.6 is 0 Å². The molecule has 0 bridgehead atoms. The Bertz CT molecular complexity index is 824. The van der Waals surface area contributed by atoms with Gasteiger partial charge in [-0.05, 0) is 44.2 Å². The molecule has 0 aromatic heterocycles. The van der Waals surface area contributed by atoms with Gasteiger partial charge in [-0.1, -0.05) is 51.1 Å². The minimum Gasteiger partial charge on any atom is -0.342 e. The first-order valence-corrected chi connectivity index (χ1v) is 12.8. The molecule has 0 spiro atoms. The number of likely N-dealkylation sites (tertiary alicyclic amines) is 1. The molecule has 1 aromatic rings. The molecule has 1 heterocycles. The topological polar surface area (TPSA) is 93.8 Å². The van der Waals surface area contributed by atoms with Crippen molar-refractivity contribution >= 4 is 17.7 Å². The van der Waals surface area contributed by atoms with E-state index in [1.165, 1.54) is 5.56 Å². The van der Waals surface area contributed by atoms with Gasteiger partial charge in [0.25, 0.3) is 0 Å². The largest absolute Gasteiger partial charge is 0.342 e. The van der Waals surface area contributed by atoms with Gasteiger partial charge in [0.15, 0.2) is 0 Å². The Morgan fingerprint density at radius 1 is 1.14 bits per heavy atom. The second-order valence-electron chi connectivity index (χ2n) is 10.6. The van der Waals surface area contributed by atoms with Gasteiger partial charge >= 0.3 is 0 Å². The van der Waals surface area contributed by atoms with E-state index < -0.39 is 17.5 Å². The van der Waals surface area contributed by atoms with Gasteiger partial charge in [-0.15, -0.1) is 0 Å². The second-order valence-corrected chi connectivity index (χ2v) is 10.6. The zero-order chi connectivity index (χ0) is 26.0. The average molecular weight is 488 g/mol. The Balaban J connectivity index is 2.06. The molecular weight excluding hydrogens is 442 g/mol. The molecule has 0 saturated carbocycles. The highest BCUT2D eigenvalue weighted by Crippen LogP contribution is 2.26. The molecule has 1 saturated heterocycles. The summed E-state index contributed by atoms with van der Waals surface area (Å²) in [6.45, 7) is 12.5. The van der Waals surface area contributed by atoms with Gasteiger partial charge in [-0.25, -0.2) is 0 Å². The lowest BCUT2D eigenvalue weighted by atomic mass is 9.85. The molecule has 0 aliphatic carbocycles. The first-order valence-electron chi connectivity index (χ1n) is 12.8. The van der Waals surface area contributed by atoms with Crippen LogP contribution in [0, 0.1) is 5.41 Å². The molecule has 2 rings (SSSR count). The summed E-state index contributed by atoms with van der Waals surface area (Å²) in [5.41, 5.74) is 0.740. The van der Waals surface area contributed by atoms with E-state index in [-0.39, 0.29) is 23.8 Å². The first-order chi connectivity index (χ1) is 16.5. The average Bonchev–Trinajstić information content (AvgIpc) is 3.27. The van der Waals surface area contributed by atoms with Gasteiger partial charge in [0, 0.05) is 45.7 Å². The van der Waals surface area contributed by atoms with E-state index >= 15 is 0 Å². The third-order valence-corrected chi connectivity index (χ3v) is 6.67. The maximum absolute atomic E-state index is 13.7. The van der Waals surface area contributed by atoms with Crippen molar-refractivity contribution in [2.45, 2.75) is 72.0 Å². The summed E-state index contributed by atoms with van der Waals surface area (Å²) in [5, 5.41) is 9.24. The van der Waals surface area contributed by atoms with E-state index in [9.17, 15) is 14.4 Å².